The summed E-state index contributed by atoms with van der Waals surface area (Å²) in [4.78, 5) is 0.0445. The Kier molecular flexibility index (Phi) is 4.49. The van der Waals surface area contributed by atoms with E-state index in [1.165, 1.54) is 6.92 Å². The molecule has 0 aromatic carbocycles. The average molecular weight is 279 g/mol. The maximum absolute atomic E-state index is 10.6. The second-order valence-corrected chi connectivity index (χ2v) is 5.67. The number of rotatable bonds is 3. The SMILES string of the molecule is CC(=S)C1(O)O[C@H](CO)[C@H](O)[C@H](O)[C@]1(N)C(C)C. The fourth-order valence-electron chi connectivity index (χ4n) is 2.34. The normalized spacial score (nSPS) is 45.3. The summed E-state index contributed by atoms with van der Waals surface area (Å²) < 4.78 is 5.27. The molecule has 0 amide bonds. The van der Waals surface area contributed by atoms with E-state index in [4.69, 9.17) is 27.8 Å². The molecule has 1 fully saturated rings. The number of ether oxygens (including phenoxy) is 1. The summed E-state index contributed by atoms with van der Waals surface area (Å²) in [6, 6.07) is 0. The van der Waals surface area contributed by atoms with Crippen molar-refractivity contribution in [2.24, 2.45) is 11.7 Å². The van der Waals surface area contributed by atoms with Gasteiger partial charge in [0.2, 0.25) is 5.79 Å². The molecule has 0 bridgehead atoms. The molecule has 0 aromatic heterocycles. The monoisotopic (exact) mass is 279 g/mol. The molecule has 0 aromatic rings. The predicted octanol–water partition coefficient (Wildman–Crippen LogP) is -1.47. The summed E-state index contributed by atoms with van der Waals surface area (Å²) in [6.07, 6.45) is -4.00. The van der Waals surface area contributed by atoms with Crippen molar-refractivity contribution in [3.63, 3.8) is 0 Å². The molecule has 6 nitrogen and oxygen atoms in total. The zero-order chi connectivity index (χ0) is 14.3. The number of hydrogen-bond acceptors (Lipinski definition) is 7. The molecule has 1 heterocycles. The van der Waals surface area contributed by atoms with Crippen molar-refractivity contribution < 1.29 is 25.2 Å². The topological polar surface area (TPSA) is 116 Å². The van der Waals surface area contributed by atoms with E-state index < -0.39 is 42.2 Å². The van der Waals surface area contributed by atoms with Crippen LogP contribution in [0.4, 0.5) is 0 Å². The van der Waals surface area contributed by atoms with Gasteiger partial charge in [0, 0.05) is 0 Å². The van der Waals surface area contributed by atoms with Gasteiger partial charge in [0.1, 0.15) is 23.9 Å². The summed E-state index contributed by atoms with van der Waals surface area (Å²) in [6.45, 7) is 4.25. The maximum atomic E-state index is 10.6. The Hall–Kier alpha value is -0.150. The third kappa shape index (κ3) is 2.00. The van der Waals surface area contributed by atoms with Gasteiger partial charge in [-0.2, -0.15) is 0 Å². The molecular formula is C11H21NO5S. The molecule has 5 atom stereocenters. The van der Waals surface area contributed by atoms with Gasteiger partial charge < -0.3 is 30.9 Å². The molecule has 1 aliphatic heterocycles. The first-order chi connectivity index (χ1) is 8.12. The highest BCUT2D eigenvalue weighted by molar-refractivity contribution is 7.80. The van der Waals surface area contributed by atoms with E-state index in [9.17, 15) is 15.3 Å². The number of nitrogens with two attached hydrogens (primary N) is 1. The van der Waals surface area contributed by atoms with Crippen LogP contribution in [0.5, 0.6) is 0 Å². The lowest BCUT2D eigenvalue weighted by molar-refractivity contribution is -0.316. The zero-order valence-electron chi connectivity index (χ0n) is 10.7. The van der Waals surface area contributed by atoms with Crippen LogP contribution in [0.1, 0.15) is 20.8 Å². The van der Waals surface area contributed by atoms with Crippen molar-refractivity contribution in [1.29, 1.82) is 0 Å². The molecule has 1 saturated heterocycles. The van der Waals surface area contributed by atoms with Crippen molar-refractivity contribution in [3.05, 3.63) is 0 Å². The minimum Gasteiger partial charge on any atom is -0.394 e. The van der Waals surface area contributed by atoms with Crippen LogP contribution in [0.25, 0.3) is 0 Å². The van der Waals surface area contributed by atoms with E-state index >= 15 is 0 Å². The molecule has 0 spiro atoms. The van der Waals surface area contributed by atoms with Crippen LogP contribution in [0, 0.1) is 5.92 Å². The molecule has 6 N–H and O–H groups in total. The second kappa shape index (κ2) is 5.09. The van der Waals surface area contributed by atoms with Gasteiger partial charge in [0.25, 0.3) is 0 Å². The quantitative estimate of drug-likeness (QED) is 0.401. The first-order valence-electron chi connectivity index (χ1n) is 5.80. The third-order valence-electron chi connectivity index (χ3n) is 3.72. The number of aliphatic hydroxyl groups is 4. The molecule has 0 saturated carbocycles. The fourth-order valence-corrected chi connectivity index (χ4v) is 2.57. The second-order valence-electron chi connectivity index (χ2n) is 5.06. The molecule has 0 aliphatic carbocycles. The Morgan fingerprint density at radius 1 is 1.44 bits per heavy atom. The highest BCUT2D eigenvalue weighted by Gasteiger charge is 2.64. The summed E-state index contributed by atoms with van der Waals surface area (Å²) in [7, 11) is 0. The standard InChI is InChI=1S/C11H21NO5S/c1-5(2)10(12)9(15)8(14)7(4-13)17-11(10,16)6(3)18/h5,7-9,13-16H,4,12H2,1-3H3/t7-,8+,9+,10-,11?/m1/s1. The van der Waals surface area contributed by atoms with Crippen molar-refractivity contribution >= 4 is 17.1 Å². The highest BCUT2D eigenvalue weighted by atomic mass is 32.1. The van der Waals surface area contributed by atoms with Crippen LogP contribution < -0.4 is 5.73 Å². The smallest absolute Gasteiger partial charge is 0.220 e. The van der Waals surface area contributed by atoms with E-state index in [1.54, 1.807) is 13.8 Å². The van der Waals surface area contributed by atoms with Gasteiger partial charge in [0.05, 0.1) is 11.5 Å². The molecule has 0 radical (unpaired) electrons. The van der Waals surface area contributed by atoms with Crippen molar-refractivity contribution in [3.8, 4) is 0 Å². The molecule has 1 aliphatic rings. The van der Waals surface area contributed by atoms with E-state index in [1.807, 2.05) is 0 Å². The molecule has 1 rings (SSSR count). The Morgan fingerprint density at radius 2 is 1.94 bits per heavy atom. The number of aliphatic hydroxyl groups excluding tert-OH is 3. The fraction of sp³-hybridized carbons (Fsp3) is 0.909. The Bertz CT molecular complexity index is 339. The minimum absolute atomic E-state index is 0.0445. The van der Waals surface area contributed by atoms with Gasteiger partial charge in [-0.15, -0.1) is 0 Å². The van der Waals surface area contributed by atoms with Crippen molar-refractivity contribution in [2.45, 2.75) is 50.4 Å². The maximum Gasteiger partial charge on any atom is 0.220 e. The average Bonchev–Trinajstić information content (AvgIpc) is 2.30. The lowest BCUT2D eigenvalue weighted by atomic mass is 9.69. The van der Waals surface area contributed by atoms with Gasteiger partial charge in [-0.1, -0.05) is 26.1 Å². The van der Waals surface area contributed by atoms with Gasteiger partial charge in [-0.05, 0) is 12.8 Å². The summed E-state index contributed by atoms with van der Waals surface area (Å²) in [5.74, 6) is -2.49. The van der Waals surface area contributed by atoms with E-state index in [2.05, 4.69) is 0 Å². The largest absolute Gasteiger partial charge is 0.394 e. The molecule has 106 valence electrons. The number of hydrogen-bond donors (Lipinski definition) is 5. The van der Waals surface area contributed by atoms with E-state index in [0.29, 0.717) is 0 Å². The molecule has 7 heteroatoms. The molecule has 1 unspecified atom stereocenters. The van der Waals surface area contributed by atoms with Crippen LogP contribution >= 0.6 is 12.2 Å². The summed E-state index contributed by atoms with van der Waals surface area (Å²) >= 11 is 4.96. The van der Waals surface area contributed by atoms with Gasteiger partial charge in [-0.25, -0.2) is 0 Å². The third-order valence-corrected chi connectivity index (χ3v) is 3.99. The first kappa shape index (κ1) is 15.9. The Morgan fingerprint density at radius 3 is 2.28 bits per heavy atom. The zero-order valence-corrected chi connectivity index (χ0v) is 11.5. The first-order valence-corrected chi connectivity index (χ1v) is 6.20. The Balaban J connectivity index is 3.32. The van der Waals surface area contributed by atoms with Gasteiger partial charge >= 0.3 is 0 Å². The van der Waals surface area contributed by atoms with Crippen LogP contribution in [0.3, 0.4) is 0 Å². The van der Waals surface area contributed by atoms with E-state index in [-0.39, 0.29) is 4.86 Å². The summed E-state index contributed by atoms with van der Waals surface area (Å²) in [5.41, 5.74) is 4.43. The van der Waals surface area contributed by atoms with Crippen LogP contribution in [-0.2, 0) is 4.74 Å². The van der Waals surface area contributed by atoms with Gasteiger partial charge in [0.15, 0.2) is 0 Å². The lowest BCUT2D eigenvalue weighted by Gasteiger charge is -2.55. The van der Waals surface area contributed by atoms with Crippen molar-refractivity contribution in [1.82, 2.24) is 0 Å². The summed E-state index contributed by atoms with van der Waals surface area (Å²) in [5, 5.41) is 39.7. The highest BCUT2D eigenvalue weighted by Crippen LogP contribution is 2.40. The van der Waals surface area contributed by atoms with Crippen LogP contribution in [0.15, 0.2) is 0 Å². The Labute approximate surface area is 111 Å². The lowest BCUT2D eigenvalue weighted by Crippen LogP contribution is -2.80. The van der Waals surface area contributed by atoms with Crippen LogP contribution in [0.2, 0.25) is 0 Å². The predicted molar refractivity (Wildman–Crippen MR) is 69.0 cm³/mol. The minimum atomic E-state index is -2.08. The van der Waals surface area contributed by atoms with E-state index in [0.717, 1.165) is 0 Å². The molecular weight excluding hydrogens is 258 g/mol. The molecule has 18 heavy (non-hydrogen) atoms. The van der Waals surface area contributed by atoms with Gasteiger partial charge in [-0.3, -0.25) is 0 Å². The van der Waals surface area contributed by atoms with Crippen molar-refractivity contribution in [2.75, 3.05) is 6.61 Å². The number of thiocarbonyl (C=S) groups is 1. The van der Waals surface area contributed by atoms with Crippen LogP contribution in [-0.4, -0.2) is 61.5 Å².